The summed E-state index contributed by atoms with van der Waals surface area (Å²) in [5, 5.41) is 20.6. The largest absolute Gasteiger partial charge is 0.486 e. The Morgan fingerprint density at radius 2 is 1.68 bits per heavy atom. The van der Waals surface area contributed by atoms with Gasteiger partial charge in [-0.3, -0.25) is 4.79 Å². The van der Waals surface area contributed by atoms with E-state index in [-0.39, 0.29) is 11.4 Å². The first-order valence-corrected chi connectivity index (χ1v) is 7.53. The molecule has 0 radical (unpaired) electrons. The quantitative estimate of drug-likeness (QED) is 0.683. The second kappa shape index (κ2) is 7.20. The first-order chi connectivity index (χ1) is 12.2. The van der Waals surface area contributed by atoms with Crippen molar-refractivity contribution in [2.45, 2.75) is 0 Å². The summed E-state index contributed by atoms with van der Waals surface area (Å²) in [7, 11) is 0. The van der Waals surface area contributed by atoms with Crippen molar-refractivity contribution < 1.29 is 14.3 Å². The monoisotopic (exact) mass is 331 g/mol. The van der Waals surface area contributed by atoms with Gasteiger partial charge in [-0.1, -0.05) is 30.3 Å². The van der Waals surface area contributed by atoms with Crippen molar-refractivity contribution in [3.05, 3.63) is 65.4 Å². The summed E-state index contributed by atoms with van der Waals surface area (Å²) in [5.74, 6) is 0.784. The molecule has 0 atom stereocenters. The van der Waals surface area contributed by atoms with E-state index >= 15 is 0 Å². The molecule has 122 valence electrons. The van der Waals surface area contributed by atoms with Crippen LogP contribution in [0.15, 0.2) is 54.2 Å². The summed E-state index contributed by atoms with van der Waals surface area (Å²) < 4.78 is 11.1. The minimum atomic E-state index is -0.205. The van der Waals surface area contributed by atoms with Gasteiger partial charge in [0.1, 0.15) is 30.9 Å². The highest BCUT2D eigenvalue weighted by atomic mass is 16.6. The molecule has 2 aromatic rings. The molecule has 6 nitrogen and oxygen atoms in total. The number of carbonyl (C=O) groups excluding carboxylic acids is 1. The molecule has 1 aliphatic heterocycles. The zero-order valence-corrected chi connectivity index (χ0v) is 13.2. The van der Waals surface area contributed by atoms with Gasteiger partial charge in [-0.2, -0.15) is 10.5 Å². The molecule has 0 fully saturated rings. The lowest BCUT2D eigenvalue weighted by Crippen LogP contribution is -2.16. The van der Waals surface area contributed by atoms with E-state index in [9.17, 15) is 4.79 Å². The molecule has 1 N–H and O–H groups in total. The number of benzene rings is 2. The fourth-order valence-corrected chi connectivity index (χ4v) is 2.38. The topological polar surface area (TPSA) is 95.1 Å². The van der Waals surface area contributed by atoms with Crippen LogP contribution in [0.25, 0.3) is 0 Å². The van der Waals surface area contributed by atoms with Crippen LogP contribution in [0.2, 0.25) is 0 Å². The summed E-state index contributed by atoms with van der Waals surface area (Å²) in [5.41, 5.74) is 1.21. The maximum absolute atomic E-state index is 12.8. The Morgan fingerprint density at radius 3 is 2.32 bits per heavy atom. The van der Waals surface area contributed by atoms with Gasteiger partial charge in [0.15, 0.2) is 17.3 Å². The number of nitrogens with zero attached hydrogens (tertiary/aromatic N) is 2. The van der Waals surface area contributed by atoms with Crippen LogP contribution in [0.1, 0.15) is 15.9 Å². The van der Waals surface area contributed by atoms with Gasteiger partial charge in [-0.15, -0.1) is 0 Å². The van der Waals surface area contributed by atoms with Crippen LogP contribution in [-0.4, -0.2) is 19.0 Å². The average Bonchev–Trinajstić information content (AvgIpc) is 2.68. The van der Waals surface area contributed by atoms with Gasteiger partial charge in [0.25, 0.3) is 0 Å². The smallest absolute Gasteiger partial charge is 0.195 e. The van der Waals surface area contributed by atoms with Gasteiger partial charge in [0.05, 0.1) is 5.69 Å². The molecule has 0 spiro atoms. The Morgan fingerprint density at radius 1 is 1.04 bits per heavy atom. The second-order valence-electron chi connectivity index (χ2n) is 5.16. The molecule has 6 heteroatoms. The highest BCUT2D eigenvalue weighted by Gasteiger charge is 2.20. The fraction of sp³-hybridized carbons (Fsp3) is 0.105. The third-order valence-electron chi connectivity index (χ3n) is 3.58. The number of carbonyl (C=O) groups is 1. The predicted octanol–water partition coefficient (Wildman–Crippen LogP) is 3.03. The van der Waals surface area contributed by atoms with Crippen LogP contribution in [0.5, 0.6) is 11.5 Å². The number of nitriles is 2. The van der Waals surface area contributed by atoms with Crippen molar-refractivity contribution in [3.8, 4) is 23.6 Å². The first-order valence-electron chi connectivity index (χ1n) is 7.53. The minimum absolute atomic E-state index is 0.104. The number of allylic oxidation sites excluding steroid dienone is 1. The first kappa shape index (κ1) is 16.1. The summed E-state index contributed by atoms with van der Waals surface area (Å²) >= 11 is 0. The highest BCUT2D eigenvalue weighted by Crippen LogP contribution is 2.36. The molecule has 1 heterocycles. The van der Waals surface area contributed by atoms with E-state index < -0.39 is 0 Å². The van der Waals surface area contributed by atoms with Crippen LogP contribution in [-0.2, 0) is 0 Å². The lowest BCUT2D eigenvalue weighted by atomic mass is 10.0. The lowest BCUT2D eigenvalue weighted by molar-refractivity contribution is 0.103. The normalized spacial score (nSPS) is 11.6. The molecular weight excluding hydrogens is 318 g/mol. The number of nitrogens with one attached hydrogen (secondary N) is 1. The molecule has 25 heavy (non-hydrogen) atoms. The highest BCUT2D eigenvalue weighted by molar-refractivity contribution is 6.12. The molecule has 0 aliphatic carbocycles. The fourth-order valence-electron chi connectivity index (χ4n) is 2.38. The molecule has 0 saturated carbocycles. The molecule has 2 aromatic carbocycles. The number of ketones is 1. The van der Waals surface area contributed by atoms with Gasteiger partial charge in [0, 0.05) is 23.4 Å². The van der Waals surface area contributed by atoms with E-state index in [1.54, 1.807) is 48.5 Å². The van der Waals surface area contributed by atoms with Crippen molar-refractivity contribution in [2.24, 2.45) is 0 Å². The molecule has 0 aromatic heterocycles. The van der Waals surface area contributed by atoms with E-state index in [0.717, 1.165) is 0 Å². The summed E-state index contributed by atoms with van der Waals surface area (Å²) in [6, 6.07) is 15.6. The zero-order valence-electron chi connectivity index (χ0n) is 13.2. The van der Waals surface area contributed by atoms with Gasteiger partial charge >= 0.3 is 0 Å². The lowest BCUT2D eigenvalue weighted by Gasteiger charge is -2.21. The van der Waals surface area contributed by atoms with E-state index in [4.69, 9.17) is 20.0 Å². The number of ether oxygens (including phenoxy) is 2. The van der Waals surface area contributed by atoms with Gasteiger partial charge in [-0.05, 0) is 6.07 Å². The molecular formula is C19H13N3O3. The standard InChI is InChI=1S/C19H13N3O3/c20-10-13(11-21)12-22-16-9-18-17(24-6-7-25-18)8-15(16)19(23)14-4-2-1-3-5-14/h1-5,8-9,12,22H,6-7H2. The number of hydrogen-bond donors (Lipinski definition) is 1. The van der Waals surface area contributed by atoms with E-state index in [2.05, 4.69) is 5.32 Å². The number of rotatable bonds is 4. The van der Waals surface area contributed by atoms with Crippen molar-refractivity contribution in [2.75, 3.05) is 18.5 Å². The second-order valence-corrected chi connectivity index (χ2v) is 5.16. The van der Waals surface area contributed by atoms with Gasteiger partial charge in [0.2, 0.25) is 0 Å². The predicted molar refractivity (Wildman–Crippen MR) is 90.2 cm³/mol. The number of fused-ring (bicyclic) bond motifs is 1. The Balaban J connectivity index is 2.06. The number of hydrogen-bond acceptors (Lipinski definition) is 6. The van der Waals surface area contributed by atoms with Crippen LogP contribution in [0.4, 0.5) is 5.69 Å². The summed E-state index contributed by atoms with van der Waals surface area (Å²) in [6.45, 7) is 0.821. The maximum atomic E-state index is 12.8. The SMILES string of the molecule is N#CC(C#N)=CNc1cc2c(cc1C(=O)c1ccccc1)OCCO2. The van der Waals surface area contributed by atoms with E-state index in [1.165, 1.54) is 6.20 Å². The molecule has 0 unspecified atom stereocenters. The zero-order chi connectivity index (χ0) is 17.6. The Bertz CT molecular complexity index is 905. The molecule has 0 amide bonds. The van der Waals surface area contributed by atoms with Crippen LogP contribution in [0, 0.1) is 22.7 Å². The van der Waals surface area contributed by atoms with Crippen molar-refractivity contribution >= 4 is 11.5 Å². The van der Waals surface area contributed by atoms with Crippen molar-refractivity contribution in [1.29, 1.82) is 10.5 Å². The Kier molecular flexibility index (Phi) is 4.64. The van der Waals surface area contributed by atoms with Gasteiger partial charge < -0.3 is 14.8 Å². The Hall–Kier alpha value is -3.77. The van der Waals surface area contributed by atoms with Crippen LogP contribution < -0.4 is 14.8 Å². The molecule has 1 aliphatic rings. The maximum Gasteiger partial charge on any atom is 0.195 e. The third-order valence-corrected chi connectivity index (χ3v) is 3.58. The summed E-state index contributed by atoms with van der Waals surface area (Å²) in [4.78, 5) is 12.8. The molecule has 3 rings (SSSR count). The van der Waals surface area contributed by atoms with Gasteiger partial charge in [-0.25, -0.2) is 0 Å². The summed E-state index contributed by atoms with van der Waals surface area (Å²) in [6.07, 6.45) is 1.26. The van der Waals surface area contributed by atoms with E-state index in [0.29, 0.717) is 41.5 Å². The third kappa shape index (κ3) is 3.44. The van der Waals surface area contributed by atoms with E-state index in [1.807, 2.05) is 6.07 Å². The van der Waals surface area contributed by atoms with Crippen molar-refractivity contribution in [3.63, 3.8) is 0 Å². The molecule has 0 saturated heterocycles. The molecule has 0 bridgehead atoms. The number of anilines is 1. The van der Waals surface area contributed by atoms with Crippen LogP contribution in [0.3, 0.4) is 0 Å². The van der Waals surface area contributed by atoms with Crippen LogP contribution >= 0.6 is 0 Å². The van der Waals surface area contributed by atoms with Crippen molar-refractivity contribution in [1.82, 2.24) is 0 Å². The Labute approximate surface area is 144 Å². The average molecular weight is 331 g/mol. The minimum Gasteiger partial charge on any atom is -0.486 e.